The zero-order valence-electron chi connectivity index (χ0n) is 82.8. The third-order valence-corrected chi connectivity index (χ3v) is 24.7. The van der Waals surface area contributed by atoms with Crippen LogP contribution < -0.4 is 61.6 Å². The highest BCUT2D eigenvalue weighted by Gasteiger charge is 2.30. The van der Waals surface area contributed by atoms with E-state index < -0.39 is 40.9 Å². The van der Waals surface area contributed by atoms with Crippen molar-refractivity contribution < 1.29 is 122 Å². The maximum Gasteiger partial charge on any atom is 0.310 e. The van der Waals surface area contributed by atoms with E-state index in [2.05, 4.69) is 12.6 Å². The van der Waals surface area contributed by atoms with E-state index in [1.807, 2.05) is 57.2 Å². The van der Waals surface area contributed by atoms with Gasteiger partial charge in [0.2, 0.25) is 0 Å². The third kappa shape index (κ3) is 35.5. The van der Waals surface area contributed by atoms with Crippen LogP contribution in [-0.4, -0.2) is 47.5 Å². The average Bonchev–Trinajstić information content (AvgIpc) is 1.66. The summed E-state index contributed by atoms with van der Waals surface area (Å²) in [5.41, 5.74) is 12.1. The molecular weight excluding hydrogens is 2020 g/mol. The first kappa shape index (κ1) is 118. The lowest BCUT2D eigenvalue weighted by Gasteiger charge is -2.16. The predicted molar refractivity (Wildman–Crippen MR) is 553 cm³/mol. The lowest BCUT2D eigenvalue weighted by Crippen LogP contribution is -2.10. The minimum atomic E-state index is -0.537. The number of aryl methyl sites for hydroxylation is 8. The second kappa shape index (κ2) is 58.7. The second-order valence-corrected chi connectivity index (χ2v) is 35.3. The number of hydrogen-bond acceptors (Lipinski definition) is 21. The molecule has 1 N–H and O–H groups in total. The maximum absolute atomic E-state index is 14.1. The van der Waals surface area contributed by atoms with E-state index in [0.717, 1.165) is 52.6 Å². The average molecular weight is 2140 g/mol. The topological polar surface area (TPSA) is 243 Å². The van der Waals surface area contributed by atoms with Crippen LogP contribution in [0.2, 0.25) is 30.1 Å². The van der Waals surface area contributed by atoms with Gasteiger partial charge in [0.05, 0.1) is 18.8 Å². The second-order valence-electron chi connectivity index (χ2n) is 32.6. The van der Waals surface area contributed by atoms with Gasteiger partial charge in [0.15, 0.2) is 69.4 Å². The molecule has 20 nitrogen and oxygen atoms in total. The van der Waals surface area contributed by atoms with E-state index in [1.165, 1.54) is 72.8 Å². The van der Waals surface area contributed by atoms with Crippen LogP contribution in [0.1, 0.15) is 207 Å². The van der Waals surface area contributed by atoms with Gasteiger partial charge in [-0.15, -0.1) is 0 Å². The molecule has 0 bridgehead atoms. The third-order valence-electron chi connectivity index (χ3n) is 21.9. The smallest absolute Gasteiger partial charge is 0.310 e. The van der Waals surface area contributed by atoms with E-state index in [-0.39, 0.29) is 155 Å². The van der Waals surface area contributed by atoms with Crippen molar-refractivity contribution in [3.8, 4) is 74.7 Å². The molecule has 1 aliphatic carbocycles. The SMILES string of the molecule is CCC(=O)Oc1cccc(C)c1COc1cc(Cl)c(C)cc1F.CCC(=O)Oc1cccc(C2CC2)c1COc1cc(Cl)c(C)cc1F.CCC(=O)Oc1cccc(CC)c1COc1cc(Cl)c(C)cc1F.CCC(=O)Oc1cccc(CO)c1COc1cc(Cl)c(C)cc1F.CCC(=O)Oc1cccc(CS)c1COc1cc(Cl)c(C)cc1F.CCOc1cccc(OC(=O)CC)c1COc1cc(Cl)c(C)cc1F. The van der Waals surface area contributed by atoms with Crippen molar-refractivity contribution in [1.29, 1.82) is 0 Å². The zero-order chi connectivity index (χ0) is 106. The van der Waals surface area contributed by atoms with Crippen LogP contribution in [0.25, 0.3) is 0 Å². The fourth-order valence-electron chi connectivity index (χ4n) is 13.4. The monoisotopic (exact) mass is 2130 g/mol. The summed E-state index contributed by atoms with van der Waals surface area (Å²) < 4.78 is 155. The van der Waals surface area contributed by atoms with Gasteiger partial charge >= 0.3 is 35.8 Å². The van der Waals surface area contributed by atoms with E-state index in [9.17, 15) is 60.2 Å². The molecule has 13 rings (SSSR count). The number of rotatable bonds is 36. The number of esters is 6. The van der Waals surface area contributed by atoms with Crippen molar-refractivity contribution in [3.63, 3.8) is 0 Å². The number of ether oxygens (including phenoxy) is 13. The first-order valence-corrected chi connectivity index (χ1v) is 49.4. The van der Waals surface area contributed by atoms with E-state index in [1.54, 1.807) is 156 Å². The lowest BCUT2D eigenvalue weighted by atomic mass is 10.0. The summed E-state index contributed by atoms with van der Waals surface area (Å²) in [7, 11) is 0. The van der Waals surface area contributed by atoms with Gasteiger partial charge in [-0.05, 0) is 221 Å². The Balaban J connectivity index is 0.000000212. The summed E-state index contributed by atoms with van der Waals surface area (Å²) in [5, 5.41) is 12.0. The predicted octanol–water partition coefficient (Wildman–Crippen LogP) is 30.2. The van der Waals surface area contributed by atoms with Crippen LogP contribution in [0, 0.1) is 83.4 Å². The summed E-state index contributed by atoms with van der Waals surface area (Å²) in [4.78, 5) is 69.6. The number of benzene rings is 12. The molecule has 12 aromatic rings. The highest BCUT2D eigenvalue weighted by atomic mass is 35.5. The Morgan fingerprint density at radius 2 is 0.517 bits per heavy atom. The first-order valence-electron chi connectivity index (χ1n) is 46.5. The highest BCUT2D eigenvalue weighted by molar-refractivity contribution is 7.79. The number of hydrogen-bond donors (Lipinski definition) is 2. The Kier molecular flexibility index (Phi) is 47.8. The molecule has 0 saturated heterocycles. The zero-order valence-corrected chi connectivity index (χ0v) is 88.2. The molecule has 145 heavy (non-hydrogen) atoms. The molecule has 1 fully saturated rings. The summed E-state index contributed by atoms with van der Waals surface area (Å²) in [6.07, 6.45) is 4.49. The van der Waals surface area contributed by atoms with Crippen LogP contribution in [0.5, 0.6) is 74.7 Å². The number of halogens is 12. The highest BCUT2D eigenvalue weighted by Crippen LogP contribution is 2.45. The van der Waals surface area contributed by atoms with E-state index >= 15 is 0 Å². The normalized spacial score (nSPS) is 11.0. The van der Waals surface area contributed by atoms with Crippen LogP contribution in [0.4, 0.5) is 26.3 Å². The van der Waals surface area contributed by atoms with Crippen LogP contribution >= 0.6 is 82.2 Å². The van der Waals surface area contributed by atoms with Crippen molar-refractivity contribution in [2.75, 3.05) is 6.61 Å². The van der Waals surface area contributed by atoms with E-state index in [0.29, 0.717) is 144 Å². The summed E-state index contributed by atoms with van der Waals surface area (Å²) in [5.74, 6) is -0.991. The molecule has 1 saturated carbocycles. The van der Waals surface area contributed by atoms with Crippen molar-refractivity contribution in [1.82, 2.24) is 0 Å². The fourth-order valence-corrected chi connectivity index (χ4v) is 14.6. The Hall–Kier alpha value is -12.3. The van der Waals surface area contributed by atoms with Crippen molar-refractivity contribution in [2.45, 2.75) is 220 Å². The minimum absolute atomic E-state index is 0.00823. The quantitative estimate of drug-likeness (QED) is 0.0160. The molecule has 0 aliphatic heterocycles. The summed E-state index contributed by atoms with van der Waals surface area (Å²) in [6.45, 7) is 26.7. The van der Waals surface area contributed by atoms with Gasteiger partial charge in [-0.1, -0.05) is 185 Å². The molecule has 12 aromatic carbocycles. The van der Waals surface area contributed by atoms with Gasteiger partial charge in [-0.3, -0.25) is 28.8 Å². The van der Waals surface area contributed by atoms with Gasteiger partial charge in [0, 0.05) is 139 Å². The maximum atomic E-state index is 14.1. The molecule has 0 amide bonds. The number of aliphatic hydroxyl groups is 1. The largest absolute Gasteiger partial charge is 0.493 e. The van der Waals surface area contributed by atoms with Crippen LogP contribution in [0.3, 0.4) is 0 Å². The Morgan fingerprint density at radius 1 is 0.283 bits per heavy atom. The number of thiol groups is 1. The summed E-state index contributed by atoms with van der Waals surface area (Å²) in [6, 6.07) is 48.4. The van der Waals surface area contributed by atoms with Crippen LogP contribution in [-0.2, 0) is 87.2 Å². The van der Waals surface area contributed by atoms with E-state index in [4.69, 9.17) is 131 Å². The number of carbonyl (C=O) groups excluding carboxylic acids is 6. The van der Waals surface area contributed by atoms with Gasteiger partial charge in [-0.25, -0.2) is 26.3 Å². The van der Waals surface area contributed by atoms with Crippen molar-refractivity contribution in [3.05, 3.63) is 342 Å². The Bertz CT molecular complexity index is 6220. The fraction of sp³-hybridized carbons (Fsp3) is 0.304. The van der Waals surface area contributed by atoms with Gasteiger partial charge in [0.25, 0.3) is 0 Å². The molecule has 0 aromatic heterocycles. The molecule has 1 aliphatic rings. The minimum Gasteiger partial charge on any atom is -0.493 e. The number of aliphatic hydroxyl groups excluding tert-OH is 1. The van der Waals surface area contributed by atoms with Crippen LogP contribution in [0.15, 0.2) is 182 Å². The molecule has 0 atom stereocenters. The Labute approximate surface area is 876 Å². The Morgan fingerprint density at radius 3 is 0.807 bits per heavy atom. The molecule has 0 radical (unpaired) electrons. The molecule has 772 valence electrons. The van der Waals surface area contributed by atoms with Gasteiger partial charge in [-0.2, -0.15) is 12.6 Å². The molecule has 33 heteroatoms. The molecule has 0 spiro atoms. The first-order chi connectivity index (χ1) is 69.2. The molecule has 0 heterocycles. The molecule has 0 unspecified atom stereocenters. The van der Waals surface area contributed by atoms with Crippen molar-refractivity contribution >= 4 is 118 Å². The standard InChI is InChI=1S/C20H20ClFO3.C19H20ClFO4.C19H20ClFO3.C18H18ClFO4.C18H18ClFO3S.C18H18ClFO3/c1-3-20(23)25-18-6-4-5-14(13-7-8-13)15(18)11-24-19-10-16(21)12(2)9-17(19)22;1-4-19(22)25-17-8-6-7-16(23-5-2)13(17)11-24-18-10-14(20)12(3)9-15(18)21;1-4-13-7-6-8-17(24-19(22)5-2)14(13)11-23-18-10-15(20)12(3)9-16(18)21;1-3-18(22)24-16-6-4-5-12(9-21)13(16)10-23-17-8-14(19)11(2)7-15(17)20;1-3-18(21)23-16-6-4-5-12(10-24)13(16)9-22-17-8-14(19)11(2)7-15(17)20;1-4-18(21)23-16-7-5-6-11(2)13(16)10-22-17-9-14(19)12(3)8-15(17)20/h4-6,9-10,13H,3,7-8,11H2,1-2H3;6-10H,4-5,11H2,1-3H3;6-10H,4-5,11H2,1-3H3;4-8,21H,3,9-10H2,1-2H3;4-8,24H,3,9-10H2,1-2H3;5-9H,4,10H2,1-3H3. The van der Waals surface area contributed by atoms with Gasteiger partial charge < -0.3 is 66.7 Å². The van der Waals surface area contributed by atoms with Crippen molar-refractivity contribution in [2.24, 2.45) is 0 Å². The van der Waals surface area contributed by atoms with Gasteiger partial charge in [0.1, 0.15) is 79.9 Å². The summed E-state index contributed by atoms with van der Waals surface area (Å²) >= 11 is 40.4. The number of carbonyl (C=O) groups is 6. The lowest BCUT2D eigenvalue weighted by molar-refractivity contribution is -0.135. The molecular formula is C112H114Cl6F6O20S.